The third-order valence-electron chi connectivity index (χ3n) is 3.75. The molecule has 0 bridgehead atoms. The molecule has 1 heterocycles. The van der Waals surface area contributed by atoms with Crippen molar-refractivity contribution in [2.24, 2.45) is 5.41 Å². The van der Waals surface area contributed by atoms with Crippen molar-refractivity contribution < 1.29 is 14.5 Å². The number of ketones is 1. The van der Waals surface area contributed by atoms with Crippen LogP contribution in [-0.2, 0) is 4.79 Å². The third kappa shape index (κ3) is 2.02. The summed E-state index contributed by atoms with van der Waals surface area (Å²) >= 11 is 0. The molecule has 0 saturated heterocycles. The highest BCUT2D eigenvalue weighted by Crippen LogP contribution is 2.42. The molecule has 22 heavy (non-hydrogen) atoms. The quantitative estimate of drug-likeness (QED) is 0.368. The van der Waals surface area contributed by atoms with Crippen LogP contribution in [0.2, 0.25) is 0 Å². The first-order chi connectivity index (χ1) is 10.4. The Morgan fingerprint density at radius 3 is 2.36 bits per heavy atom. The van der Waals surface area contributed by atoms with E-state index in [4.69, 9.17) is 12.8 Å². The Kier molecular flexibility index (Phi) is 3.71. The van der Waals surface area contributed by atoms with Gasteiger partial charge in [-0.25, -0.2) is 0 Å². The monoisotopic (exact) mass is 296 g/mol. The van der Waals surface area contributed by atoms with Gasteiger partial charge in [0.2, 0.25) is 5.91 Å². The number of nitro benzene ring substituents is 1. The van der Waals surface area contributed by atoms with Crippen LogP contribution in [0.1, 0.15) is 23.2 Å². The Bertz CT molecular complexity index is 751. The Morgan fingerprint density at radius 2 is 1.86 bits per heavy atom. The number of non-ortho nitro benzene ring substituents is 1. The summed E-state index contributed by atoms with van der Waals surface area (Å²) in [6, 6.07) is 3.75. The van der Waals surface area contributed by atoms with Crippen LogP contribution in [0.5, 0.6) is 0 Å². The number of anilines is 1. The fourth-order valence-electron chi connectivity index (χ4n) is 2.61. The number of hydrogen-bond donors (Lipinski definition) is 0. The van der Waals surface area contributed by atoms with Crippen LogP contribution in [0.25, 0.3) is 0 Å². The lowest BCUT2D eigenvalue weighted by Gasteiger charge is -2.37. The molecule has 1 aromatic carbocycles. The number of Topliss-reactive ketones (excluding diaryl/α,β-unsaturated/α-hetero) is 1. The predicted molar refractivity (Wildman–Crippen MR) is 80.2 cm³/mol. The SMILES string of the molecule is C#CCC1(CC#C)C(=O)c2ccc([N+](=O)[O-])cc2N(C)C1=O. The van der Waals surface area contributed by atoms with Gasteiger partial charge in [-0.1, -0.05) is 0 Å². The van der Waals surface area contributed by atoms with E-state index in [1.54, 1.807) is 0 Å². The highest BCUT2D eigenvalue weighted by molar-refractivity contribution is 6.25. The Balaban J connectivity index is 2.68. The van der Waals surface area contributed by atoms with Gasteiger partial charge in [0.05, 0.1) is 10.6 Å². The van der Waals surface area contributed by atoms with Crippen molar-refractivity contribution in [2.45, 2.75) is 12.8 Å². The highest BCUT2D eigenvalue weighted by atomic mass is 16.6. The summed E-state index contributed by atoms with van der Waals surface area (Å²) < 4.78 is 0. The molecule has 6 heteroatoms. The molecule has 110 valence electrons. The van der Waals surface area contributed by atoms with Crippen molar-refractivity contribution in [3.05, 3.63) is 33.9 Å². The van der Waals surface area contributed by atoms with E-state index in [9.17, 15) is 19.7 Å². The van der Waals surface area contributed by atoms with E-state index in [2.05, 4.69) is 11.8 Å². The zero-order valence-corrected chi connectivity index (χ0v) is 11.8. The molecule has 0 saturated carbocycles. The number of carbonyl (C=O) groups excluding carboxylic acids is 2. The lowest BCUT2D eigenvalue weighted by Crippen LogP contribution is -2.51. The van der Waals surface area contributed by atoms with E-state index in [1.165, 1.54) is 30.1 Å². The molecule has 1 aliphatic rings. The number of terminal acetylenes is 2. The Hall–Kier alpha value is -3.12. The van der Waals surface area contributed by atoms with Crippen molar-refractivity contribution >= 4 is 23.1 Å². The summed E-state index contributed by atoms with van der Waals surface area (Å²) in [4.78, 5) is 36.8. The average molecular weight is 296 g/mol. The summed E-state index contributed by atoms with van der Waals surface area (Å²) in [6.07, 6.45) is 10.4. The third-order valence-corrected chi connectivity index (χ3v) is 3.75. The Labute approximate surface area is 127 Å². The summed E-state index contributed by atoms with van der Waals surface area (Å²) in [7, 11) is 1.44. The molecule has 2 rings (SSSR count). The lowest BCUT2D eigenvalue weighted by molar-refractivity contribution is -0.384. The molecule has 0 spiro atoms. The van der Waals surface area contributed by atoms with Crippen molar-refractivity contribution in [3.8, 4) is 24.7 Å². The van der Waals surface area contributed by atoms with Gasteiger partial charge in [-0.3, -0.25) is 19.7 Å². The van der Waals surface area contributed by atoms with Gasteiger partial charge in [0.15, 0.2) is 5.78 Å². The van der Waals surface area contributed by atoms with Crippen LogP contribution in [-0.4, -0.2) is 23.7 Å². The first-order valence-electron chi connectivity index (χ1n) is 6.37. The van der Waals surface area contributed by atoms with Gasteiger partial charge in [0, 0.05) is 37.6 Å². The standard InChI is InChI=1S/C16H12N2O4/c1-4-8-16(9-5-2)14(19)12-7-6-11(18(21)22)10-13(12)17(3)15(16)20/h1-2,6-7,10H,8-9H2,3H3. The first-order valence-corrected chi connectivity index (χ1v) is 6.37. The minimum atomic E-state index is -1.50. The number of amides is 1. The fraction of sp³-hybridized carbons (Fsp3) is 0.250. The van der Waals surface area contributed by atoms with E-state index < -0.39 is 22.0 Å². The maximum absolute atomic E-state index is 12.7. The lowest BCUT2D eigenvalue weighted by atomic mass is 9.71. The maximum Gasteiger partial charge on any atom is 0.271 e. The second kappa shape index (κ2) is 5.34. The number of hydrogen-bond acceptors (Lipinski definition) is 4. The van der Waals surface area contributed by atoms with Crippen LogP contribution in [0.4, 0.5) is 11.4 Å². The van der Waals surface area contributed by atoms with Crippen LogP contribution >= 0.6 is 0 Å². The van der Waals surface area contributed by atoms with Crippen molar-refractivity contribution in [1.29, 1.82) is 0 Å². The van der Waals surface area contributed by atoms with Gasteiger partial charge in [-0.15, -0.1) is 24.7 Å². The van der Waals surface area contributed by atoms with Gasteiger partial charge in [-0.05, 0) is 6.07 Å². The summed E-state index contributed by atoms with van der Waals surface area (Å²) in [5, 5.41) is 10.9. The smallest absolute Gasteiger partial charge is 0.271 e. The second-order valence-corrected chi connectivity index (χ2v) is 5.00. The first kappa shape index (κ1) is 15.3. The van der Waals surface area contributed by atoms with Crippen LogP contribution in [0.15, 0.2) is 18.2 Å². The van der Waals surface area contributed by atoms with Gasteiger partial charge in [0.25, 0.3) is 5.69 Å². The predicted octanol–water partition coefficient (Wildman–Crippen LogP) is 1.79. The molecule has 0 unspecified atom stereocenters. The molecular weight excluding hydrogens is 284 g/mol. The molecule has 0 aromatic heterocycles. The van der Waals surface area contributed by atoms with Crippen molar-refractivity contribution in [1.82, 2.24) is 0 Å². The van der Waals surface area contributed by atoms with Gasteiger partial charge in [0.1, 0.15) is 5.41 Å². The minimum Gasteiger partial charge on any atom is -0.314 e. The van der Waals surface area contributed by atoms with Crippen molar-refractivity contribution in [2.75, 3.05) is 11.9 Å². The summed E-state index contributed by atoms with van der Waals surface area (Å²) in [5.41, 5.74) is -1.30. The fourth-order valence-corrected chi connectivity index (χ4v) is 2.61. The number of rotatable bonds is 3. The van der Waals surface area contributed by atoms with E-state index in [0.717, 1.165) is 0 Å². The van der Waals surface area contributed by atoms with Gasteiger partial charge >= 0.3 is 0 Å². The van der Waals surface area contributed by atoms with E-state index in [-0.39, 0.29) is 29.8 Å². The normalized spacial score (nSPS) is 15.7. The maximum atomic E-state index is 12.7. The Morgan fingerprint density at radius 1 is 1.27 bits per heavy atom. The number of nitrogens with zero attached hydrogens (tertiary/aromatic N) is 2. The average Bonchev–Trinajstić information content (AvgIpc) is 2.50. The zero-order valence-electron chi connectivity index (χ0n) is 11.8. The largest absolute Gasteiger partial charge is 0.314 e. The minimum absolute atomic E-state index is 0.115. The van der Waals surface area contributed by atoms with E-state index in [1.807, 2.05) is 0 Å². The number of fused-ring (bicyclic) bond motifs is 1. The number of carbonyl (C=O) groups is 2. The van der Waals surface area contributed by atoms with Crippen LogP contribution in [0.3, 0.4) is 0 Å². The molecule has 1 aliphatic heterocycles. The molecular formula is C16H12N2O4. The molecule has 6 nitrogen and oxygen atoms in total. The van der Waals surface area contributed by atoms with Crippen LogP contribution in [0, 0.1) is 40.2 Å². The van der Waals surface area contributed by atoms with Gasteiger partial charge < -0.3 is 4.90 Å². The number of nitro groups is 1. The topological polar surface area (TPSA) is 80.5 Å². The molecule has 0 atom stereocenters. The summed E-state index contributed by atoms with van der Waals surface area (Å²) in [5.74, 6) is 3.64. The summed E-state index contributed by atoms with van der Waals surface area (Å²) in [6.45, 7) is 0. The molecule has 0 N–H and O–H groups in total. The molecule has 1 aromatic rings. The van der Waals surface area contributed by atoms with Crippen LogP contribution < -0.4 is 4.90 Å². The molecule has 0 radical (unpaired) electrons. The van der Waals surface area contributed by atoms with Crippen molar-refractivity contribution in [3.63, 3.8) is 0 Å². The van der Waals surface area contributed by atoms with E-state index in [0.29, 0.717) is 0 Å². The second-order valence-electron chi connectivity index (χ2n) is 5.00. The molecule has 0 fully saturated rings. The van der Waals surface area contributed by atoms with Gasteiger partial charge in [-0.2, -0.15) is 0 Å². The highest BCUT2D eigenvalue weighted by Gasteiger charge is 2.51. The molecule has 0 aliphatic carbocycles. The zero-order chi connectivity index (χ0) is 16.5. The van der Waals surface area contributed by atoms with E-state index >= 15 is 0 Å². The number of benzene rings is 1. The molecule has 1 amide bonds.